The Labute approximate surface area is 151 Å². The molecule has 0 saturated heterocycles. The third-order valence-electron chi connectivity index (χ3n) is 2.97. The Bertz CT molecular complexity index is 861. The van der Waals surface area contributed by atoms with Gasteiger partial charge in [-0.05, 0) is 38.1 Å². The normalized spacial score (nSPS) is 10.6. The van der Waals surface area contributed by atoms with E-state index in [1.54, 1.807) is 31.2 Å². The largest absolute Gasteiger partial charge is 0.486 e. The minimum Gasteiger partial charge on any atom is -0.486 e. The molecule has 1 amide bonds. The van der Waals surface area contributed by atoms with Crippen LogP contribution >= 0.6 is 34.3 Å². The van der Waals surface area contributed by atoms with E-state index in [-0.39, 0.29) is 5.91 Å². The maximum absolute atomic E-state index is 12.3. The molecule has 2 aromatic heterocycles. The SMILES string of the molecule is Cc1nnc(NC(=O)c2sc(COc3ccc(Cl)cc3)nc2C)s1. The van der Waals surface area contributed by atoms with Gasteiger partial charge in [0.25, 0.3) is 5.91 Å². The standard InChI is InChI=1S/C15H13ClN4O2S2/c1-8-13(14(21)18-15-20-19-9(2)23-15)24-12(17-8)7-22-11-5-3-10(16)4-6-11/h3-6H,7H2,1-2H3,(H,18,20,21). The molecule has 3 rings (SSSR count). The summed E-state index contributed by atoms with van der Waals surface area (Å²) >= 11 is 8.46. The highest BCUT2D eigenvalue weighted by atomic mass is 35.5. The summed E-state index contributed by atoms with van der Waals surface area (Å²) in [6.07, 6.45) is 0. The number of hydrogen-bond donors (Lipinski definition) is 1. The van der Waals surface area contributed by atoms with Gasteiger partial charge in [0, 0.05) is 5.02 Å². The number of hydrogen-bond acceptors (Lipinski definition) is 7. The van der Waals surface area contributed by atoms with Crippen LogP contribution in [0.4, 0.5) is 5.13 Å². The molecule has 1 aromatic carbocycles. The van der Waals surface area contributed by atoms with Gasteiger partial charge in [-0.3, -0.25) is 10.1 Å². The molecule has 0 aliphatic rings. The quantitative estimate of drug-likeness (QED) is 0.721. The molecule has 0 aliphatic carbocycles. The Morgan fingerprint density at radius 3 is 2.62 bits per heavy atom. The lowest BCUT2D eigenvalue weighted by Crippen LogP contribution is -2.11. The van der Waals surface area contributed by atoms with E-state index >= 15 is 0 Å². The van der Waals surface area contributed by atoms with E-state index in [2.05, 4.69) is 20.5 Å². The van der Waals surface area contributed by atoms with Gasteiger partial charge in [-0.15, -0.1) is 21.5 Å². The number of anilines is 1. The van der Waals surface area contributed by atoms with Gasteiger partial charge in [0.1, 0.15) is 27.2 Å². The van der Waals surface area contributed by atoms with E-state index in [9.17, 15) is 4.79 Å². The molecule has 0 atom stereocenters. The van der Waals surface area contributed by atoms with Gasteiger partial charge in [0.2, 0.25) is 5.13 Å². The van der Waals surface area contributed by atoms with Crippen LogP contribution < -0.4 is 10.1 Å². The molecular formula is C15H13ClN4O2S2. The highest BCUT2D eigenvalue weighted by molar-refractivity contribution is 7.16. The number of rotatable bonds is 5. The molecule has 0 aliphatic heterocycles. The summed E-state index contributed by atoms with van der Waals surface area (Å²) in [5.41, 5.74) is 0.661. The van der Waals surface area contributed by atoms with Crippen LogP contribution in [0.15, 0.2) is 24.3 Å². The maximum Gasteiger partial charge on any atom is 0.269 e. The number of nitrogens with one attached hydrogen (secondary N) is 1. The Kier molecular flexibility index (Phi) is 5.08. The number of benzene rings is 1. The fourth-order valence-electron chi connectivity index (χ4n) is 1.90. The Morgan fingerprint density at radius 1 is 1.21 bits per heavy atom. The topological polar surface area (TPSA) is 77.0 Å². The van der Waals surface area contributed by atoms with Crippen LogP contribution in [-0.2, 0) is 6.61 Å². The first-order chi connectivity index (χ1) is 11.5. The average Bonchev–Trinajstić information content (AvgIpc) is 3.12. The van der Waals surface area contributed by atoms with Crippen molar-refractivity contribution in [2.75, 3.05) is 5.32 Å². The predicted molar refractivity (Wildman–Crippen MR) is 95.2 cm³/mol. The number of ether oxygens (including phenoxy) is 1. The van der Waals surface area contributed by atoms with Crippen molar-refractivity contribution in [3.05, 3.63) is 49.9 Å². The van der Waals surface area contributed by atoms with Gasteiger partial charge in [-0.1, -0.05) is 22.9 Å². The summed E-state index contributed by atoms with van der Waals surface area (Å²) in [6.45, 7) is 3.92. The number of halogens is 1. The summed E-state index contributed by atoms with van der Waals surface area (Å²) in [4.78, 5) is 17.2. The number of amides is 1. The van der Waals surface area contributed by atoms with Crippen LogP contribution in [0.5, 0.6) is 5.75 Å². The Morgan fingerprint density at radius 2 is 1.96 bits per heavy atom. The summed E-state index contributed by atoms with van der Waals surface area (Å²) < 4.78 is 5.65. The van der Waals surface area contributed by atoms with Gasteiger partial charge in [0.15, 0.2) is 0 Å². The van der Waals surface area contributed by atoms with Crippen molar-refractivity contribution in [2.45, 2.75) is 20.5 Å². The number of aryl methyl sites for hydroxylation is 2. The molecule has 124 valence electrons. The fourth-order valence-corrected chi connectivity index (χ4v) is 3.49. The smallest absolute Gasteiger partial charge is 0.269 e. The third-order valence-corrected chi connectivity index (χ3v) is 5.11. The average molecular weight is 381 g/mol. The van der Waals surface area contributed by atoms with E-state index in [4.69, 9.17) is 16.3 Å². The molecule has 0 spiro atoms. The van der Waals surface area contributed by atoms with E-state index in [0.29, 0.717) is 33.1 Å². The minimum absolute atomic E-state index is 0.237. The van der Waals surface area contributed by atoms with Crippen molar-refractivity contribution < 1.29 is 9.53 Å². The molecule has 0 bridgehead atoms. The van der Waals surface area contributed by atoms with E-state index in [1.807, 2.05) is 6.92 Å². The van der Waals surface area contributed by atoms with Gasteiger partial charge in [-0.2, -0.15) is 0 Å². The lowest BCUT2D eigenvalue weighted by molar-refractivity contribution is 0.102. The second-order valence-electron chi connectivity index (χ2n) is 4.85. The highest BCUT2D eigenvalue weighted by Gasteiger charge is 2.17. The van der Waals surface area contributed by atoms with Crippen molar-refractivity contribution in [3.8, 4) is 5.75 Å². The van der Waals surface area contributed by atoms with E-state index in [0.717, 1.165) is 10.0 Å². The third kappa shape index (κ3) is 4.08. The summed E-state index contributed by atoms with van der Waals surface area (Å²) in [6, 6.07) is 7.09. The van der Waals surface area contributed by atoms with Crippen molar-refractivity contribution in [1.82, 2.24) is 15.2 Å². The zero-order chi connectivity index (χ0) is 17.1. The van der Waals surface area contributed by atoms with Gasteiger partial charge >= 0.3 is 0 Å². The van der Waals surface area contributed by atoms with Crippen molar-refractivity contribution in [1.29, 1.82) is 0 Å². The highest BCUT2D eigenvalue weighted by Crippen LogP contribution is 2.23. The van der Waals surface area contributed by atoms with Crippen molar-refractivity contribution in [3.63, 3.8) is 0 Å². The monoisotopic (exact) mass is 380 g/mol. The molecule has 0 saturated carbocycles. The first-order valence-electron chi connectivity index (χ1n) is 6.97. The molecule has 0 radical (unpaired) electrons. The lowest BCUT2D eigenvalue weighted by atomic mass is 10.3. The molecule has 2 heterocycles. The zero-order valence-electron chi connectivity index (χ0n) is 12.9. The summed E-state index contributed by atoms with van der Waals surface area (Å²) in [5.74, 6) is 0.460. The van der Waals surface area contributed by atoms with E-state index in [1.165, 1.54) is 22.7 Å². The fraction of sp³-hybridized carbons (Fsp3) is 0.200. The lowest BCUT2D eigenvalue weighted by Gasteiger charge is -2.03. The minimum atomic E-state index is -0.237. The van der Waals surface area contributed by atoms with Crippen LogP contribution in [0.25, 0.3) is 0 Å². The molecule has 6 nitrogen and oxygen atoms in total. The number of nitrogens with zero attached hydrogens (tertiary/aromatic N) is 3. The number of carbonyl (C=O) groups excluding carboxylic acids is 1. The zero-order valence-corrected chi connectivity index (χ0v) is 15.3. The van der Waals surface area contributed by atoms with Crippen LogP contribution in [0.3, 0.4) is 0 Å². The Hall–Kier alpha value is -2.03. The van der Waals surface area contributed by atoms with Crippen LogP contribution in [0, 0.1) is 13.8 Å². The molecule has 1 N–H and O–H groups in total. The molecular weight excluding hydrogens is 368 g/mol. The van der Waals surface area contributed by atoms with Crippen LogP contribution in [0.2, 0.25) is 5.02 Å². The molecule has 9 heteroatoms. The predicted octanol–water partition coefficient (Wildman–Crippen LogP) is 4.10. The molecule has 0 fully saturated rings. The second kappa shape index (κ2) is 7.25. The maximum atomic E-state index is 12.3. The van der Waals surface area contributed by atoms with Crippen LogP contribution in [0.1, 0.15) is 25.4 Å². The second-order valence-corrected chi connectivity index (χ2v) is 7.55. The summed E-state index contributed by atoms with van der Waals surface area (Å²) in [7, 11) is 0. The summed E-state index contributed by atoms with van der Waals surface area (Å²) in [5, 5.41) is 13.1. The molecule has 24 heavy (non-hydrogen) atoms. The van der Waals surface area contributed by atoms with Gasteiger partial charge in [0.05, 0.1) is 5.69 Å². The van der Waals surface area contributed by atoms with Gasteiger partial charge in [-0.25, -0.2) is 4.98 Å². The molecule has 0 unspecified atom stereocenters. The number of aromatic nitrogens is 3. The van der Waals surface area contributed by atoms with Crippen molar-refractivity contribution >= 4 is 45.3 Å². The van der Waals surface area contributed by atoms with Gasteiger partial charge < -0.3 is 4.74 Å². The Balaban J connectivity index is 1.65. The van der Waals surface area contributed by atoms with Crippen LogP contribution in [-0.4, -0.2) is 21.1 Å². The number of thiazole rings is 1. The number of carbonyl (C=O) groups is 1. The first-order valence-corrected chi connectivity index (χ1v) is 8.98. The van der Waals surface area contributed by atoms with E-state index < -0.39 is 0 Å². The molecule has 3 aromatic rings. The first kappa shape index (κ1) is 16.8. The van der Waals surface area contributed by atoms with Crippen molar-refractivity contribution in [2.24, 2.45) is 0 Å².